The summed E-state index contributed by atoms with van der Waals surface area (Å²) in [5, 5.41) is 28.4. The molecule has 0 spiro atoms. The first-order valence-corrected chi connectivity index (χ1v) is 3.41. The van der Waals surface area contributed by atoms with Crippen molar-refractivity contribution in [2.24, 2.45) is 0 Å². The Morgan fingerprint density at radius 2 is 1.67 bits per heavy atom. The lowest BCUT2D eigenvalue weighted by Gasteiger charge is -1.96. The van der Waals surface area contributed by atoms with Crippen LogP contribution in [0.2, 0.25) is 0 Å². The van der Waals surface area contributed by atoms with Crippen LogP contribution in [-0.4, -0.2) is 20.3 Å². The number of nitrogens with one attached hydrogen (secondary N) is 1. The number of phenolic OH excluding ortho intramolecular Hbond substituents is 2. The van der Waals surface area contributed by atoms with Crippen LogP contribution in [0.25, 0.3) is 10.8 Å². The zero-order valence-corrected chi connectivity index (χ0v) is 6.07. The molecular weight excluding hydrogens is 158 g/mol. The number of hydrogen-bond acceptors (Lipinski definition) is 3. The SMILES string of the molecule is Oc1ccc(O)c2c(O)[nH]cc12. The normalized spacial score (nSPS) is 10.7. The first-order chi connectivity index (χ1) is 5.70. The molecule has 1 aromatic carbocycles. The lowest BCUT2D eigenvalue weighted by Crippen LogP contribution is -1.69. The van der Waals surface area contributed by atoms with Crippen molar-refractivity contribution in [3.63, 3.8) is 0 Å². The van der Waals surface area contributed by atoms with Crippen molar-refractivity contribution < 1.29 is 15.3 Å². The molecule has 62 valence electrons. The highest BCUT2D eigenvalue weighted by molar-refractivity contribution is 5.96. The van der Waals surface area contributed by atoms with E-state index in [1.54, 1.807) is 0 Å². The molecule has 0 bridgehead atoms. The molecular formula is C8H7NO3. The van der Waals surface area contributed by atoms with E-state index in [1.807, 2.05) is 0 Å². The highest BCUT2D eigenvalue weighted by Crippen LogP contribution is 2.36. The number of hydrogen-bond donors (Lipinski definition) is 4. The number of H-pyrrole nitrogens is 1. The molecule has 0 amide bonds. The summed E-state index contributed by atoms with van der Waals surface area (Å²) < 4.78 is 0. The molecule has 0 radical (unpaired) electrons. The maximum atomic E-state index is 9.27. The predicted molar refractivity (Wildman–Crippen MR) is 43.3 cm³/mol. The molecule has 0 saturated carbocycles. The van der Waals surface area contributed by atoms with Crippen LogP contribution in [0.4, 0.5) is 0 Å². The smallest absolute Gasteiger partial charge is 0.200 e. The third kappa shape index (κ3) is 0.717. The molecule has 0 atom stereocenters. The van der Waals surface area contributed by atoms with Gasteiger partial charge in [-0.3, -0.25) is 0 Å². The summed E-state index contributed by atoms with van der Waals surface area (Å²) in [4.78, 5) is 2.49. The molecule has 4 heteroatoms. The molecule has 12 heavy (non-hydrogen) atoms. The minimum atomic E-state index is -0.140. The Morgan fingerprint density at radius 3 is 2.33 bits per heavy atom. The van der Waals surface area contributed by atoms with Gasteiger partial charge < -0.3 is 20.3 Å². The molecule has 4 N–H and O–H groups in total. The summed E-state index contributed by atoms with van der Waals surface area (Å²) in [5.74, 6) is -0.167. The summed E-state index contributed by atoms with van der Waals surface area (Å²) in [5.41, 5.74) is 0. The van der Waals surface area contributed by atoms with Crippen LogP contribution in [0.1, 0.15) is 0 Å². The summed E-state index contributed by atoms with van der Waals surface area (Å²) >= 11 is 0. The zero-order chi connectivity index (χ0) is 8.72. The van der Waals surface area contributed by atoms with E-state index in [0.29, 0.717) is 5.39 Å². The van der Waals surface area contributed by atoms with Crippen LogP contribution < -0.4 is 0 Å². The van der Waals surface area contributed by atoms with Gasteiger partial charge in [-0.15, -0.1) is 0 Å². The van der Waals surface area contributed by atoms with Gasteiger partial charge >= 0.3 is 0 Å². The summed E-state index contributed by atoms with van der Waals surface area (Å²) in [6, 6.07) is 2.69. The molecule has 0 saturated heterocycles. The predicted octanol–water partition coefficient (Wildman–Crippen LogP) is 1.28. The van der Waals surface area contributed by atoms with E-state index in [1.165, 1.54) is 18.3 Å². The molecule has 0 unspecified atom stereocenters. The van der Waals surface area contributed by atoms with Crippen molar-refractivity contribution in [2.45, 2.75) is 0 Å². The highest BCUT2D eigenvalue weighted by atomic mass is 16.3. The van der Waals surface area contributed by atoms with Gasteiger partial charge in [-0.1, -0.05) is 0 Å². The number of aromatic nitrogens is 1. The van der Waals surface area contributed by atoms with Gasteiger partial charge in [0.05, 0.1) is 5.39 Å². The average molecular weight is 165 g/mol. The molecule has 0 aliphatic carbocycles. The molecule has 2 aromatic rings. The van der Waals surface area contributed by atoms with E-state index in [0.717, 1.165) is 0 Å². The second kappa shape index (κ2) is 2.07. The van der Waals surface area contributed by atoms with Crippen LogP contribution >= 0.6 is 0 Å². The quantitative estimate of drug-likeness (QED) is 0.444. The number of aromatic amines is 1. The molecule has 2 rings (SSSR count). The monoisotopic (exact) mass is 165 g/mol. The fourth-order valence-corrected chi connectivity index (χ4v) is 1.20. The number of phenols is 2. The molecule has 0 aliphatic rings. The Kier molecular flexibility index (Phi) is 1.18. The van der Waals surface area contributed by atoms with Crippen molar-refractivity contribution in [3.05, 3.63) is 18.3 Å². The minimum absolute atomic E-state index is 0.0272. The van der Waals surface area contributed by atoms with Gasteiger partial charge in [0.25, 0.3) is 0 Å². The maximum Gasteiger partial charge on any atom is 0.200 e. The van der Waals surface area contributed by atoms with Gasteiger partial charge in [0.2, 0.25) is 0 Å². The second-order valence-electron chi connectivity index (χ2n) is 2.53. The van der Waals surface area contributed by atoms with E-state index in [2.05, 4.69) is 4.98 Å². The number of aromatic hydroxyl groups is 3. The minimum Gasteiger partial charge on any atom is -0.507 e. The van der Waals surface area contributed by atoms with E-state index in [-0.39, 0.29) is 22.8 Å². The first kappa shape index (κ1) is 6.84. The Balaban J connectivity index is 2.98. The van der Waals surface area contributed by atoms with Crippen molar-refractivity contribution in [2.75, 3.05) is 0 Å². The van der Waals surface area contributed by atoms with Crippen LogP contribution in [0.3, 0.4) is 0 Å². The Hall–Kier alpha value is -1.84. The number of rotatable bonds is 0. The first-order valence-electron chi connectivity index (χ1n) is 3.41. The fraction of sp³-hybridized carbons (Fsp3) is 0. The van der Waals surface area contributed by atoms with Crippen LogP contribution in [-0.2, 0) is 0 Å². The van der Waals surface area contributed by atoms with E-state index in [9.17, 15) is 15.3 Å². The van der Waals surface area contributed by atoms with Crippen LogP contribution in [0, 0.1) is 0 Å². The van der Waals surface area contributed by atoms with E-state index in [4.69, 9.17) is 0 Å². The summed E-state index contributed by atoms with van der Waals surface area (Å²) in [7, 11) is 0. The number of fused-ring (bicyclic) bond motifs is 1. The Labute approximate surface area is 67.7 Å². The third-order valence-electron chi connectivity index (χ3n) is 1.79. The van der Waals surface area contributed by atoms with Crippen molar-refractivity contribution in [1.82, 2.24) is 4.98 Å². The van der Waals surface area contributed by atoms with Gasteiger partial charge in [-0.25, -0.2) is 0 Å². The van der Waals surface area contributed by atoms with Gasteiger partial charge in [0.1, 0.15) is 11.5 Å². The molecule has 0 fully saturated rings. The van der Waals surface area contributed by atoms with Gasteiger partial charge in [-0.05, 0) is 12.1 Å². The molecule has 1 aromatic heterocycles. The van der Waals surface area contributed by atoms with E-state index < -0.39 is 0 Å². The van der Waals surface area contributed by atoms with Crippen molar-refractivity contribution in [1.29, 1.82) is 0 Å². The van der Waals surface area contributed by atoms with Crippen LogP contribution in [0.5, 0.6) is 17.4 Å². The molecule has 4 nitrogen and oxygen atoms in total. The summed E-state index contributed by atoms with van der Waals surface area (Å²) in [6.45, 7) is 0. The van der Waals surface area contributed by atoms with Gasteiger partial charge in [0, 0.05) is 11.6 Å². The number of benzene rings is 1. The second-order valence-corrected chi connectivity index (χ2v) is 2.53. The Bertz CT molecular complexity index is 433. The standard InChI is InChI=1S/C8H7NO3/c10-5-1-2-6(11)7-4(5)3-9-8(7)12/h1-3,9-12H. The molecule has 1 heterocycles. The van der Waals surface area contributed by atoms with Crippen LogP contribution in [0.15, 0.2) is 18.3 Å². The maximum absolute atomic E-state index is 9.27. The molecule has 0 aliphatic heterocycles. The topological polar surface area (TPSA) is 76.5 Å². The zero-order valence-electron chi connectivity index (χ0n) is 6.07. The fourth-order valence-electron chi connectivity index (χ4n) is 1.20. The van der Waals surface area contributed by atoms with Gasteiger partial charge in [-0.2, -0.15) is 0 Å². The Morgan fingerprint density at radius 1 is 1.00 bits per heavy atom. The highest BCUT2D eigenvalue weighted by Gasteiger charge is 2.09. The lowest BCUT2D eigenvalue weighted by molar-refractivity contribution is 0.450. The van der Waals surface area contributed by atoms with Crippen molar-refractivity contribution in [3.8, 4) is 17.4 Å². The largest absolute Gasteiger partial charge is 0.507 e. The van der Waals surface area contributed by atoms with E-state index >= 15 is 0 Å². The van der Waals surface area contributed by atoms with Gasteiger partial charge in [0.15, 0.2) is 5.88 Å². The van der Waals surface area contributed by atoms with Crippen molar-refractivity contribution >= 4 is 10.8 Å². The summed E-state index contributed by atoms with van der Waals surface area (Å²) in [6.07, 6.45) is 1.43. The lowest BCUT2D eigenvalue weighted by atomic mass is 10.2. The average Bonchev–Trinajstić information content (AvgIpc) is 2.42. The third-order valence-corrected chi connectivity index (χ3v) is 1.79.